The van der Waals surface area contributed by atoms with Crippen LogP contribution in [-0.4, -0.2) is 29.8 Å². The number of hydrogen-bond donors (Lipinski definition) is 2. The molecule has 0 saturated carbocycles. The van der Waals surface area contributed by atoms with E-state index in [9.17, 15) is 4.79 Å². The van der Waals surface area contributed by atoms with Crippen LogP contribution in [0.4, 0.5) is 0 Å². The average molecular weight is 275 g/mol. The van der Waals surface area contributed by atoms with Crippen LogP contribution in [0.25, 0.3) is 0 Å². The molecule has 4 nitrogen and oxygen atoms in total. The molecule has 1 aliphatic heterocycles. The van der Waals surface area contributed by atoms with Gasteiger partial charge in [-0.15, -0.1) is 0 Å². The third kappa shape index (κ3) is 3.06. The minimum atomic E-state index is -0.103. The van der Waals surface area contributed by atoms with E-state index in [0.29, 0.717) is 11.7 Å². The number of nitrogens with two attached hydrogens (primary N) is 1. The molecule has 20 heavy (non-hydrogen) atoms. The molecule has 1 fully saturated rings. The van der Waals surface area contributed by atoms with Gasteiger partial charge in [-0.1, -0.05) is 6.92 Å². The summed E-state index contributed by atoms with van der Waals surface area (Å²) in [5, 5.41) is 3.43. The fourth-order valence-electron chi connectivity index (χ4n) is 2.61. The first-order valence-corrected chi connectivity index (χ1v) is 7.48. The Kier molecular flexibility index (Phi) is 4.53. The van der Waals surface area contributed by atoms with E-state index in [1.165, 1.54) is 18.5 Å². The Labute approximate surface area is 121 Å². The Bertz CT molecular complexity index is 482. The number of carbonyl (C=O) groups excluding carboxylic acids is 1. The number of ketones is 1. The molecular formula is C16H25N3O. The zero-order valence-electron chi connectivity index (χ0n) is 12.7. The molecule has 3 N–H and O–H groups in total. The SMILES string of the molecule is CCC(C)NC1=CC(=O)C(N)=C/C1=C(/C)N1CCCC1. The van der Waals surface area contributed by atoms with Gasteiger partial charge >= 0.3 is 0 Å². The Balaban J connectivity index is 2.32. The van der Waals surface area contributed by atoms with Gasteiger partial charge in [-0.25, -0.2) is 0 Å². The molecule has 2 rings (SSSR count). The van der Waals surface area contributed by atoms with Gasteiger partial charge in [0.05, 0.1) is 5.70 Å². The van der Waals surface area contributed by atoms with Gasteiger partial charge in [-0.3, -0.25) is 4.79 Å². The van der Waals surface area contributed by atoms with Gasteiger partial charge in [-0.05, 0) is 39.2 Å². The monoisotopic (exact) mass is 275 g/mol. The zero-order chi connectivity index (χ0) is 14.7. The number of rotatable bonds is 4. The lowest BCUT2D eigenvalue weighted by Gasteiger charge is -2.26. The second kappa shape index (κ2) is 6.16. The molecule has 1 aliphatic carbocycles. The summed E-state index contributed by atoms with van der Waals surface area (Å²) in [4.78, 5) is 14.2. The minimum Gasteiger partial charge on any atom is -0.396 e. The number of carbonyl (C=O) groups is 1. The number of likely N-dealkylation sites (tertiary alicyclic amines) is 1. The molecule has 0 bridgehead atoms. The summed E-state index contributed by atoms with van der Waals surface area (Å²) < 4.78 is 0. The van der Waals surface area contributed by atoms with Crippen LogP contribution in [0.3, 0.4) is 0 Å². The normalized spacial score (nSPS) is 23.4. The predicted molar refractivity (Wildman–Crippen MR) is 81.8 cm³/mol. The second-order valence-corrected chi connectivity index (χ2v) is 5.67. The van der Waals surface area contributed by atoms with Crippen molar-refractivity contribution >= 4 is 5.78 Å². The summed E-state index contributed by atoms with van der Waals surface area (Å²) in [7, 11) is 0. The first-order valence-electron chi connectivity index (χ1n) is 7.48. The van der Waals surface area contributed by atoms with E-state index in [1.54, 1.807) is 6.08 Å². The molecule has 1 atom stereocenters. The van der Waals surface area contributed by atoms with Gasteiger partial charge in [0.2, 0.25) is 5.78 Å². The highest BCUT2D eigenvalue weighted by Crippen LogP contribution is 2.25. The second-order valence-electron chi connectivity index (χ2n) is 5.67. The molecule has 0 aromatic rings. The lowest BCUT2D eigenvalue weighted by molar-refractivity contribution is -0.111. The molecule has 2 aliphatic rings. The van der Waals surface area contributed by atoms with Crippen molar-refractivity contribution in [2.75, 3.05) is 13.1 Å². The summed E-state index contributed by atoms with van der Waals surface area (Å²) >= 11 is 0. The molecular weight excluding hydrogens is 250 g/mol. The minimum absolute atomic E-state index is 0.103. The lowest BCUT2D eigenvalue weighted by atomic mass is 9.99. The van der Waals surface area contributed by atoms with Crippen LogP contribution in [0.15, 0.2) is 34.8 Å². The lowest BCUT2D eigenvalue weighted by Crippen LogP contribution is -2.30. The number of nitrogens with zero attached hydrogens (tertiary/aromatic N) is 1. The molecule has 0 aromatic carbocycles. The Hall–Kier alpha value is -1.71. The van der Waals surface area contributed by atoms with Gasteiger partial charge in [-0.2, -0.15) is 0 Å². The van der Waals surface area contributed by atoms with E-state index in [1.807, 2.05) is 6.08 Å². The van der Waals surface area contributed by atoms with Crippen LogP contribution < -0.4 is 11.1 Å². The maximum atomic E-state index is 11.8. The first kappa shape index (κ1) is 14.7. The molecule has 0 amide bonds. The highest BCUT2D eigenvalue weighted by molar-refractivity contribution is 6.06. The van der Waals surface area contributed by atoms with Gasteiger partial charge in [0.1, 0.15) is 0 Å². The molecule has 4 heteroatoms. The smallest absolute Gasteiger partial charge is 0.203 e. The highest BCUT2D eigenvalue weighted by Gasteiger charge is 2.22. The van der Waals surface area contributed by atoms with Crippen LogP contribution in [-0.2, 0) is 4.79 Å². The third-order valence-electron chi connectivity index (χ3n) is 4.13. The molecule has 0 spiro atoms. The van der Waals surface area contributed by atoms with Crippen LogP contribution in [0, 0.1) is 0 Å². The summed E-state index contributed by atoms with van der Waals surface area (Å²) in [5.74, 6) is -0.103. The van der Waals surface area contributed by atoms with Crippen LogP contribution >= 0.6 is 0 Å². The van der Waals surface area contributed by atoms with Crippen molar-refractivity contribution in [1.29, 1.82) is 0 Å². The van der Waals surface area contributed by atoms with Crippen molar-refractivity contribution in [3.63, 3.8) is 0 Å². The standard InChI is InChI=1S/C16H25N3O/c1-4-11(2)18-15-10-16(20)14(17)9-13(15)12(3)19-7-5-6-8-19/h9-11,18H,4-8,17H2,1-3H3/b13-12+. The van der Waals surface area contributed by atoms with Crippen molar-refractivity contribution in [2.24, 2.45) is 5.73 Å². The largest absolute Gasteiger partial charge is 0.396 e. The van der Waals surface area contributed by atoms with E-state index < -0.39 is 0 Å². The van der Waals surface area contributed by atoms with Gasteiger partial charge < -0.3 is 16.0 Å². The number of hydrogen-bond acceptors (Lipinski definition) is 4. The Morgan fingerprint density at radius 3 is 2.65 bits per heavy atom. The summed E-state index contributed by atoms with van der Waals surface area (Å²) in [5.41, 5.74) is 9.32. The quantitative estimate of drug-likeness (QED) is 0.824. The summed E-state index contributed by atoms with van der Waals surface area (Å²) in [6, 6.07) is 0.336. The fraction of sp³-hybridized carbons (Fsp3) is 0.562. The topological polar surface area (TPSA) is 58.4 Å². The molecule has 110 valence electrons. The van der Waals surface area contributed by atoms with Crippen LogP contribution in [0.1, 0.15) is 40.0 Å². The maximum absolute atomic E-state index is 11.8. The van der Waals surface area contributed by atoms with E-state index in [4.69, 9.17) is 5.73 Å². The van der Waals surface area contributed by atoms with E-state index in [0.717, 1.165) is 30.8 Å². The van der Waals surface area contributed by atoms with Crippen molar-refractivity contribution in [3.8, 4) is 0 Å². The highest BCUT2D eigenvalue weighted by atomic mass is 16.1. The number of allylic oxidation sites excluding steroid dienone is 3. The maximum Gasteiger partial charge on any atom is 0.203 e. The third-order valence-corrected chi connectivity index (χ3v) is 4.13. The molecule has 1 unspecified atom stereocenters. The van der Waals surface area contributed by atoms with Crippen molar-refractivity contribution in [2.45, 2.75) is 46.1 Å². The van der Waals surface area contributed by atoms with Crippen LogP contribution in [0.2, 0.25) is 0 Å². The van der Waals surface area contributed by atoms with Gasteiger partial charge in [0, 0.05) is 42.2 Å². The fourth-order valence-corrected chi connectivity index (χ4v) is 2.61. The molecule has 0 radical (unpaired) electrons. The van der Waals surface area contributed by atoms with Gasteiger partial charge in [0.25, 0.3) is 0 Å². The predicted octanol–water partition coefficient (Wildman–Crippen LogP) is 2.05. The molecule has 1 heterocycles. The van der Waals surface area contributed by atoms with Crippen molar-refractivity contribution < 1.29 is 4.79 Å². The summed E-state index contributed by atoms with van der Waals surface area (Å²) in [6.45, 7) is 8.55. The van der Waals surface area contributed by atoms with Gasteiger partial charge in [0.15, 0.2) is 0 Å². The van der Waals surface area contributed by atoms with Crippen molar-refractivity contribution in [3.05, 3.63) is 34.8 Å². The first-order chi connectivity index (χ1) is 9.52. The molecule has 0 aromatic heterocycles. The Morgan fingerprint density at radius 1 is 1.40 bits per heavy atom. The van der Waals surface area contributed by atoms with Crippen molar-refractivity contribution in [1.82, 2.24) is 10.2 Å². The average Bonchev–Trinajstić information content (AvgIpc) is 2.95. The zero-order valence-corrected chi connectivity index (χ0v) is 12.7. The van der Waals surface area contributed by atoms with E-state index >= 15 is 0 Å². The van der Waals surface area contributed by atoms with E-state index in [2.05, 4.69) is 31.0 Å². The van der Waals surface area contributed by atoms with E-state index in [-0.39, 0.29) is 5.78 Å². The van der Waals surface area contributed by atoms with Crippen LogP contribution in [0.5, 0.6) is 0 Å². The number of nitrogens with one attached hydrogen (secondary N) is 1. The molecule has 1 saturated heterocycles. The summed E-state index contributed by atoms with van der Waals surface area (Å²) in [6.07, 6.45) is 6.94. The Morgan fingerprint density at radius 2 is 2.05 bits per heavy atom.